The summed E-state index contributed by atoms with van der Waals surface area (Å²) >= 11 is 0. The summed E-state index contributed by atoms with van der Waals surface area (Å²) in [5.41, 5.74) is 0. The Morgan fingerprint density at radius 3 is 3.11 bits per heavy atom. The van der Waals surface area contributed by atoms with Crippen LogP contribution in [0.5, 0.6) is 0 Å². The molecule has 0 aromatic heterocycles. The minimum atomic E-state index is -0.409. The van der Waals surface area contributed by atoms with Crippen LogP contribution in [0.2, 0.25) is 0 Å². The van der Waals surface area contributed by atoms with Gasteiger partial charge in [0, 0.05) is 6.42 Å². The second-order valence-electron chi connectivity index (χ2n) is 2.40. The first-order chi connectivity index (χ1) is 4.38. The number of aliphatic hydroxyl groups is 1. The summed E-state index contributed by atoms with van der Waals surface area (Å²) in [6.07, 6.45) is 1.51. The van der Waals surface area contributed by atoms with Gasteiger partial charge in [-0.15, -0.1) is 0 Å². The molecule has 2 heterocycles. The van der Waals surface area contributed by atoms with Gasteiger partial charge in [-0.1, -0.05) is 0 Å². The smallest absolute Gasteiger partial charge is 0.112 e. The average molecular weight is 129 g/mol. The molecule has 0 aliphatic carbocycles. The van der Waals surface area contributed by atoms with Gasteiger partial charge in [0.15, 0.2) is 0 Å². The van der Waals surface area contributed by atoms with E-state index in [4.69, 9.17) is 14.6 Å². The second-order valence-corrected chi connectivity index (χ2v) is 2.40. The highest BCUT2D eigenvalue weighted by Crippen LogP contribution is 2.25. The summed E-state index contributed by atoms with van der Waals surface area (Å²) in [5.74, 6) is 0. The van der Waals surface area contributed by atoms with Crippen LogP contribution >= 0.6 is 0 Å². The Morgan fingerprint density at radius 1 is 1.44 bits per heavy atom. The normalized spacial score (nSPS) is 49.7. The first-order valence-electron chi connectivity index (χ1n) is 3.12. The summed E-state index contributed by atoms with van der Waals surface area (Å²) in [7, 11) is 0. The fourth-order valence-electron chi connectivity index (χ4n) is 1.29. The van der Waals surface area contributed by atoms with Crippen LogP contribution in [0.4, 0.5) is 0 Å². The van der Waals surface area contributed by atoms with Crippen LogP contribution in [0.15, 0.2) is 0 Å². The molecule has 3 atom stereocenters. The number of hydrogen-bond acceptors (Lipinski definition) is 3. The van der Waals surface area contributed by atoms with Crippen molar-refractivity contribution in [1.82, 2.24) is 0 Å². The number of hydrogen-bond donors (Lipinski definition) is 1. The first-order valence-corrected chi connectivity index (χ1v) is 3.12. The Kier molecular flexibility index (Phi) is 1.22. The molecule has 51 valence electrons. The van der Waals surface area contributed by atoms with Crippen molar-refractivity contribution in [1.29, 1.82) is 0 Å². The lowest BCUT2D eigenvalue weighted by Crippen LogP contribution is -2.26. The van der Waals surface area contributed by atoms with Crippen molar-refractivity contribution < 1.29 is 14.6 Å². The molecule has 9 heavy (non-hydrogen) atoms. The van der Waals surface area contributed by atoms with Crippen molar-refractivity contribution in [2.75, 3.05) is 13.2 Å². The molecular formula is C6H9O3. The SMILES string of the molecule is O[C@@H]1CO[C@@H]2[CH]CO[C@H]12. The highest BCUT2D eigenvalue weighted by Gasteiger charge is 2.40. The molecule has 3 nitrogen and oxygen atoms in total. The van der Waals surface area contributed by atoms with Crippen LogP contribution in [0.1, 0.15) is 0 Å². The van der Waals surface area contributed by atoms with Gasteiger partial charge in [-0.05, 0) is 0 Å². The van der Waals surface area contributed by atoms with E-state index in [9.17, 15) is 0 Å². The molecule has 1 radical (unpaired) electrons. The largest absolute Gasteiger partial charge is 0.388 e. The lowest BCUT2D eigenvalue weighted by atomic mass is 10.1. The number of aliphatic hydroxyl groups excluding tert-OH is 1. The predicted octanol–water partition coefficient (Wildman–Crippen LogP) is -0.651. The van der Waals surface area contributed by atoms with Crippen LogP contribution in [0.3, 0.4) is 0 Å². The predicted molar refractivity (Wildman–Crippen MR) is 29.8 cm³/mol. The van der Waals surface area contributed by atoms with E-state index in [1.165, 1.54) is 0 Å². The first kappa shape index (κ1) is 5.65. The zero-order chi connectivity index (χ0) is 6.27. The van der Waals surface area contributed by atoms with Crippen molar-refractivity contribution in [3.05, 3.63) is 6.42 Å². The lowest BCUT2D eigenvalue weighted by Gasteiger charge is -2.07. The summed E-state index contributed by atoms with van der Waals surface area (Å²) in [5, 5.41) is 9.13. The van der Waals surface area contributed by atoms with Gasteiger partial charge in [0.1, 0.15) is 12.2 Å². The number of ether oxygens (including phenoxy) is 2. The Labute approximate surface area is 53.6 Å². The van der Waals surface area contributed by atoms with Crippen molar-refractivity contribution >= 4 is 0 Å². The number of fused-ring (bicyclic) bond motifs is 1. The van der Waals surface area contributed by atoms with Gasteiger partial charge in [0.25, 0.3) is 0 Å². The van der Waals surface area contributed by atoms with Crippen LogP contribution in [0, 0.1) is 6.42 Å². The topological polar surface area (TPSA) is 38.7 Å². The molecule has 0 saturated carbocycles. The minimum Gasteiger partial charge on any atom is -0.388 e. The summed E-state index contributed by atoms with van der Waals surface area (Å²) in [6, 6.07) is 0. The quantitative estimate of drug-likeness (QED) is 0.472. The molecule has 0 bridgehead atoms. The third-order valence-electron chi connectivity index (χ3n) is 1.78. The zero-order valence-electron chi connectivity index (χ0n) is 4.99. The maximum Gasteiger partial charge on any atom is 0.112 e. The van der Waals surface area contributed by atoms with Crippen LogP contribution in [0.25, 0.3) is 0 Å². The Hall–Kier alpha value is -0.120. The maximum absolute atomic E-state index is 9.13. The van der Waals surface area contributed by atoms with Crippen LogP contribution in [-0.4, -0.2) is 36.6 Å². The Balaban J connectivity index is 2.07. The van der Waals surface area contributed by atoms with Crippen molar-refractivity contribution in [2.45, 2.75) is 18.3 Å². The van der Waals surface area contributed by atoms with E-state index < -0.39 is 6.10 Å². The standard InChI is InChI=1S/C6H9O3/c7-4-3-9-5-1-2-8-6(4)5/h1,4-7H,2-3H2/t4-,5-,6-/m1/s1. The van der Waals surface area contributed by atoms with Crippen molar-refractivity contribution in [3.8, 4) is 0 Å². The summed E-state index contributed by atoms with van der Waals surface area (Å²) in [6.45, 7) is 1.04. The minimum absolute atomic E-state index is 0.0556. The monoisotopic (exact) mass is 129 g/mol. The summed E-state index contributed by atoms with van der Waals surface area (Å²) < 4.78 is 10.3. The molecule has 0 amide bonds. The fraction of sp³-hybridized carbons (Fsp3) is 0.833. The van der Waals surface area contributed by atoms with E-state index in [0.717, 1.165) is 0 Å². The molecular weight excluding hydrogens is 120 g/mol. The van der Waals surface area contributed by atoms with E-state index in [1.54, 1.807) is 0 Å². The molecule has 2 aliphatic heterocycles. The van der Waals surface area contributed by atoms with Gasteiger partial charge in [-0.2, -0.15) is 0 Å². The van der Waals surface area contributed by atoms with E-state index in [-0.39, 0.29) is 12.2 Å². The third-order valence-corrected chi connectivity index (χ3v) is 1.78. The number of rotatable bonds is 0. The van der Waals surface area contributed by atoms with Crippen LogP contribution < -0.4 is 0 Å². The highest BCUT2D eigenvalue weighted by molar-refractivity contribution is 4.98. The van der Waals surface area contributed by atoms with E-state index >= 15 is 0 Å². The molecule has 3 heteroatoms. The van der Waals surface area contributed by atoms with E-state index in [2.05, 4.69) is 0 Å². The van der Waals surface area contributed by atoms with E-state index in [0.29, 0.717) is 13.2 Å². The maximum atomic E-state index is 9.13. The molecule has 0 aromatic carbocycles. The second kappa shape index (κ2) is 1.94. The van der Waals surface area contributed by atoms with Gasteiger partial charge >= 0.3 is 0 Å². The van der Waals surface area contributed by atoms with E-state index in [1.807, 2.05) is 6.42 Å². The zero-order valence-corrected chi connectivity index (χ0v) is 4.99. The van der Waals surface area contributed by atoms with Gasteiger partial charge < -0.3 is 14.6 Å². The Bertz CT molecular complexity index is 115. The molecule has 1 N–H and O–H groups in total. The third kappa shape index (κ3) is 0.764. The lowest BCUT2D eigenvalue weighted by molar-refractivity contribution is 0.0193. The molecule has 2 aliphatic rings. The van der Waals surface area contributed by atoms with Gasteiger partial charge in [0.05, 0.1) is 19.3 Å². The van der Waals surface area contributed by atoms with Gasteiger partial charge in [0.2, 0.25) is 0 Å². The fourth-order valence-corrected chi connectivity index (χ4v) is 1.29. The molecule has 0 unspecified atom stereocenters. The van der Waals surface area contributed by atoms with Crippen molar-refractivity contribution in [3.63, 3.8) is 0 Å². The van der Waals surface area contributed by atoms with Gasteiger partial charge in [-0.3, -0.25) is 0 Å². The average Bonchev–Trinajstić information content (AvgIpc) is 2.35. The molecule has 2 saturated heterocycles. The molecule has 2 rings (SSSR count). The summed E-state index contributed by atoms with van der Waals surface area (Å²) in [4.78, 5) is 0. The highest BCUT2D eigenvalue weighted by atomic mass is 16.6. The van der Waals surface area contributed by atoms with Crippen molar-refractivity contribution in [2.24, 2.45) is 0 Å². The molecule has 2 fully saturated rings. The van der Waals surface area contributed by atoms with Crippen LogP contribution in [-0.2, 0) is 9.47 Å². The molecule has 0 spiro atoms. The van der Waals surface area contributed by atoms with Gasteiger partial charge in [-0.25, -0.2) is 0 Å². The molecule has 0 aromatic rings. The Morgan fingerprint density at radius 2 is 2.33 bits per heavy atom.